The standard InChI is InChI=1S/C26H21F4N3O2S/c1-15-6-11-21-22(12-15)36-25(32-24(35)18-4-3-5-19(13-18)26(28,29)30)33(21)16(2)23(34)31-14-17-7-9-20(27)10-8-17/h3-13,16H,14H2,1-2H3,(H,31,34)/t16-/m0/s1. The lowest BCUT2D eigenvalue weighted by Gasteiger charge is -2.15. The van der Waals surface area contributed by atoms with E-state index in [9.17, 15) is 27.2 Å². The van der Waals surface area contributed by atoms with Crippen molar-refractivity contribution >= 4 is 33.4 Å². The Labute approximate surface area is 207 Å². The highest BCUT2D eigenvalue weighted by Gasteiger charge is 2.31. The largest absolute Gasteiger partial charge is 0.416 e. The van der Waals surface area contributed by atoms with E-state index in [4.69, 9.17) is 0 Å². The van der Waals surface area contributed by atoms with Gasteiger partial charge in [-0.1, -0.05) is 35.6 Å². The van der Waals surface area contributed by atoms with Crippen molar-refractivity contribution in [1.29, 1.82) is 0 Å². The molecule has 0 bridgehead atoms. The summed E-state index contributed by atoms with van der Waals surface area (Å²) in [6.07, 6.45) is -4.59. The molecule has 1 N–H and O–H groups in total. The number of nitrogens with one attached hydrogen (secondary N) is 1. The fraction of sp³-hybridized carbons (Fsp3) is 0.192. The lowest BCUT2D eigenvalue weighted by molar-refractivity contribution is -0.137. The Balaban J connectivity index is 1.70. The molecule has 1 atom stereocenters. The average molecular weight is 516 g/mol. The third-order valence-electron chi connectivity index (χ3n) is 5.56. The van der Waals surface area contributed by atoms with Crippen LogP contribution in [0.15, 0.2) is 71.7 Å². The number of benzene rings is 3. The van der Waals surface area contributed by atoms with Crippen molar-refractivity contribution in [3.05, 3.63) is 99.6 Å². The molecule has 36 heavy (non-hydrogen) atoms. The van der Waals surface area contributed by atoms with Gasteiger partial charge in [0.05, 0.1) is 15.8 Å². The highest BCUT2D eigenvalue weighted by molar-refractivity contribution is 7.16. The maximum Gasteiger partial charge on any atom is 0.416 e. The molecule has 0 spiro atoms. The Morgan fingerprint density at radius 1 is 1.06 bits per heavy atom. The molecule has 0 fully saturated rings. The number of nitrogens with zero attached hydrogens (tertiary/aromatic N) is 2. The Hall–Kier alpha value is -3.79. The normalized spacial score (nSPS) is 13.1. The van der Waals surface area contributed by atoms with Crippen LogP contribution < -0.4 is 10.1 Å². The second-order valence-electron chi connectivity index (χ2n) is 8.24. The topological polar surface area (TPSA) is 63.5 Å². The van der Waals surface area contributed by atoms with Gasteiger partial charge in [0.2, 0.25) is 5.91 Å². The first-order valence-electron chi connectivity index (χ1n) is 10.9. The SMILES string of the molecule is Cc1ccc2c(c1)sc(=NC(=O)c1cccc(C(F)(F)F)c1)n2[C@@H](C)C(=O)NCc1ccc(F)cc1. The molecule has 1 aromatic heterocycles. The molecule has 0 aliphatic rings. The van der Waals surface area contributed by atoms with Crippen LogP contribution >= 0.6 is 11.3 Å². The van der Waals surface area contributed by atoms with Crippen molar-refractivity contribution in [1.82, 2.24) is 9.88 Å². The molecule has 186 valence electrons. The Kier molecular flexibility index (Phi) is 7.07. The molecule has 0 radical (unpaired) electrons. The number of carbonyl (C=O) groups is 2. The maximum absolute atomic E-state index is 13.1. The fourth-order valence-electron chi connectivity index (χ4n) is 3.64. The minimum absolute atomic E-state index is 0.167. The molecule has 4 aromatic rings. The van der Waals surface area contributed by atoms with Crippen LogP contribution in [0.3, 0.4) is 0 Å². The summed E-state index contributed by atoms with van der Waals surface area (Å²) in [7, 11) is 0. The van der Waals surface area contributed by atoms with E-state index in [2.05, 4.69) is 10.3 Å². The van der Waals surface area contributed by atoms with Crippen molar-refractivity contribution in [3.8, 4) is 0 Å². The minimum Gasteiger partial charge on any atom is -0.350 e. The summed E-state index contributed by atoms with van der Waals surface area (Å²) in [6, 6.07) is 14.5. The van der Waals surface area contributed by atoms with Crippen molar-refractivity contribution < 1.29 is 27.2 Å². The van der Waals surface area contributed by atoms with E-state index < -0.39 is 23.7 Å². The van der Waals surface area contributed by atoms with Gasteiger partial charge in [-0.15, -0.1) is 0 Å². The molecule has 0 aliphatic heterocycles. The number of hydrogen-bond donors (Lipinski definition) is 1. The first-order chi connectivity index (χ1) is 17.0. The zero-order valence-corrected chi connectivity index (χ0v) is 20.1. The molecule has 3 aromatic carbocycles. The molecule has 2 amide bonds. The summed E-state index contributed by atoms with van der Waals surface area (Å²) >= 11 is 1.16. The van der Waals surface area contributed by atoms with Gasteiger partial charge in [0.25, 0.3) is 5.91 Å². The average Bonchev–Trinajstić information content (AvgIpc) is 3.19. The predicted octanol–water partition coefficient (Wildman–Crippen LogP) is 5.79. The third kappa shape index (κ3) is 5.54. The Morgan fingerprint density at radius 2 is 1.78 bits per heavy atom. The number of carbonyl (C=O) groups excluding carboxylic acids is 2. The lowest BCUT2D eigenvalue weighted by atomic mass is 10.1. The molecule has 1 heterocycles. The molecule has 5 nitrogen and oxygen atoms in total. The zero-order valence-electron chi connectivity index (χ0n) is 19.3. The van der Waals surface area contributed by atoms with Gasteiger partial charge in [0, 0.05) is 12.1 Å². The van der Waals surface area contributed by atoms with Crippen molar-refractivity contribution in [2.75, 3.05) is 0 Å². The number of aryl methyl sites for hydroxylation is 1. The van der Waals surface area contributed by atoms with E-state index in [1.807, 2.05) is 19.1 Å². The molecule has 0 saturated carbocycles. The van der Waals surface area contributed by atoms with Crippen LogP contribution in [0.4, 0.5) is 17.6 Å². The van der Waals surface area contributed by atoms with Crippen molar-refractivity contribution in [2.24, 2.45) is 4.99 Å². The van der Waals surface area contributed by atoms with Gasteiger partial charge in [-0.3, -0.25) is 9.59 Å². The number of aromatic nitrogens is 1. The number of alkyl halides is 3. The number of hydrogen-bond acceptors (Lipinski definition) is 3. The molecule has 0 aliphatic carbocycles. The first-order valence-corrected chi connectivity index (χ1v) is 11.7. The second-order valence-corrected chi connectivity index (χ2v) is 9.25. The highest BCUT2D eigenvalue weighted by Crippen LogP contribution is 2.29. The number of rotatable bonds is 5. The van der Waals surface area contributed by atoms with Crippen LogP contribution in [0, 0.1) is 12.7 Å². The van der Waals surface area contributed by atoms with Gasteiger partial charge in [-0.25, -0.2) is 4.39 Å². The number of thiazole rings is 1. The van der Waals surface area contributed by atoms with Crippen LogP contribution in [0.1, 0.15) is 40.0 Å². The number of halogens is 4. The summed E-state index contributed by atoms with van der Waals surface area (Å²) in [4.78, 5) is 30.1. The van der Waals surface area contributed by atoms with Crippen LogP contribution in [0.5, 0.6) is 0 Å². The summed E-state index contributed by atoms with van der Waals surface area (Å²) in [5, 5.41) is 2.79. The Bertz CT molecular complexity index is 1500. The number of fused-ring (bicyclic) bond motifs is 1. The van der Waals surface area contributed by atoms with E-state index in [-0.39, 0.29) is 28.6 Å². The van der Waals surface area contributed by atoms with E-state index in [1.165, 1.54) is 18.2 Å². The quantitative estimate of drug-likeness (QED) is 0.342. The molecule has 0 unspecified atom stereocenters. The van der Waals surface area contributed by atoms with Crippen LogP contribution in [0.2, 0.25) is 0 Å². The van der Waals surface area contributed by atoms with Gasteiger partial charge >= 0.3 is 6.18 Å². The van der Waals surface area contributed by atoms with E-state index in [0.29, 0.717) is 11.1 Å². The lowest BCUT2D eigenvalue weighted by Crippen LogP contribution is -2.34. The molecular formula is C26H21F4N3O2S. The summed E-state index contributed by atoms with van der Waals surface area (Å²) in [6.45, 7) is 3.70. The minimum atomic E-state index is -4.59. The monoisotopic (exact) mass is 515 g/mol. The fourth-order valence-corrected chi connectivity index (χ4v) is 4.84. The third-order valence-corrected chi connectivity index (χ3v) is 6.58. The first kappa shape index (κ1) is 25.3. The van der Waals surface area contributed by atoms with Crippen LogP contribution in [-0.4, -0.2) is 16.4 Å². The molecular weight excluding hydrogens is 494 g/mol. The summed E-state index contributed by atoms with van der Waals surface area (Å²) < 4.78 is 54.8. The van der Waals surface area contributed by atoms with Crippen molar-refractivity contribution in [2.45, 2.75) is 32.6 Å². The number of amides is 2. The van der Waals surface area contributed by atoms with Gasteiger partial charge in [-0.2, -0.15) is 18.2 Å². The van der Waals surface area contributed by atoms with Crippen LogP contribution in [0.25, 0.3) is 10.2 Å². The molecule has 10 heteroatoms. The molecule has 0 saturated heterocycles. The summed E-state index contributed by atoms with van der Waals surface area (Å²) in [5.41, 5.74) is 1.17. The van der Waals surface area contributed by atoms with E-state index in [0.717, 1.165) is 39.8 Å². The second kappa shape index (κ2) is 10.1. The molecule has 4 rings (SSSR count). The van der Waals surface area contributed by atoms with Crippen LogP contribution in [-0.2, 0) is 17.5 Å². The Morgan fingerprint density at radius 3 is 2.47 bits per heavy atom. The highest BCUT2D eigenvalue weighted by atomic mass is 32.1. The van der Waals surface area contributed by atoms with Gasteiger partial charge < -0.3 is 9.88 Å². The van der Waals surface area contributed by atoms with Gasteiger partial charge in [-0.05, 0) is 67.4 Å². The predicted molar refractivity (Wildman–Crippen MR) is 129 cm³/mol. The maximum atomic E-state index is 13.1. The summed E-state index contributed by atoms with van der Waals surface area (Å²) in [5.74, 6) is -1.60. The van der Waals surface area contributed by atoms with Gasteiger partial charge in [0.15, 0.2) is 4.80 Å². The zero-order chi connectivity index (χ0) is 26.0. The van der Waals surface area contributed by atoms with Gasteiger partial charge in [0.1, 0.15) is 11.9 Å². The van der Waals surface area contributed by atoms with E-state index in [1.54, 1.807) is 29.7 Å². The smallest absolute Gasteiger partial charge is 0.350 e. The van der Waals surface area contributed by atoms with Crippen molar-refractivity contribution in [3.63, 3.8) is 0 Å². The van der Waals surface area contributed by atoms with E-state index >= 15 is 0 Å².